The zero-order valence-electron chi connectivity index (χ0n) is 14.0. The van der Waals surface area contributed by atoms with Gasteiger partial charge in [-0.2, -0.15) is 0 Å². The molecule has 4 atom stereocenters. The molecule has 0 aromatic heterocycles. The van der Waals surface area contributed by atoms with E-state index in [1.807, 2.05) is 38.1 Å². The molecule has 130 valence electrons. The lowest BCUT2D eigenvalue weighted by atomic mass is 10.0. The number of benzene rings is 1. The molecule has 1 aromatic rings. The van der Waals surface area contributed by atoms with Crippen LogP contribution in [-0.2, 0) is 14.2 Å². The molecular weight excluding hydrogens is 312 g/mol. The molecule has 3 heterocycles. The summed E-state index contributed by atoms with van der Waals surface area (Å²) in [5.41, 5.74) is 2.23. The second-order valence-corrected chi connectivity index (χ2v) is 6.80. The minimum atomic E-state index is -0.927. The largest absolute Gasteiger partial charge is 0.489 e. The zero-order chi connectivity index (χ0) is 16.9. The third kappa shape index (κ3) is 2.80. The van der Waals surface area contributed by atoms with E-state index in [-0.39, 0.29) is 6.10 Å². The van der Waals surface area contributed by atoms with Gasteiger partial charge in [-0.3, -0.25) is 0 Å². The average molecular weight is 334 g/mol. The van der Waals surface area contributed by atoms with Crippen molar-refractivity contribution in [3.05, 3.63) is 29.8 Å². The fourth-order valence-electron chi connectivity index (χ4n) is 3.35. The Morgan fingerprint density at radius 1 is 1.25 bits per heavy atom. The van der Waals surface area contributed by atoms with Gasteiger partial charge in [-0.05, 0) is 44.6 Å². The molecule has 3 aliphatic rings. The van der Waals surface area contributed by atoms with Crippen molar-refractivity contribution in [3.63, 3.8) is 0 Å². The monoisotopic (exact) mass is 334 g/mol. The first-order valence-electron chi connectivity index (χ1n) is 8.19. The van der Waals surface area contributed by atoms with E-state index in [0.29, 0.717) is 19.0 Å². The van der Waals surface area contributed by atoms with Crippen LogP contribution in [0.4, 0.5) is 0 Å². The van der Waals surface area contributed by atoms with Crippen molar-refractivity contribution in [2.24, 2.45) is 0 Å². The van der Waals surface area contributed by atoms with Crippen LogP contribution in [0.5, 0.6) is 11.5 Å². The van der Waals surface area contributed by atoms with Crippen LogP contribution in [0.25, 0.3) is 5.57 Å². The summed E-state index contributed by atoms with van der Waals surface area (Å²) in [7, 11) is 0. The Morgan fingerprint density at radius 3 is 2.92 bits per heavy atom. The van der Waals surface area contributed by atoms with Gasteiger partial charge in [0.15, 0.2) is 5.79 Å². The summed E-state index contributed by atoms with van der Waals surface area (Å²) in [4.78, 5) is 0. The van der Waals surface area contributed by atoms with Crippen LogP contribution in [0.2, 0.25) is 0 Å². The highest BCUT2D eigenvalue weighted by Crippen LogP contribution is 2.37. The first-order valence-corrected chi connectivity index (χ1v) is 8.19. The van der Waals surface area contributed by atoms with Crippen molar-refractivity contribution in [2.45, 2.75) is 51.2 Å². The van der Waals surface area contributed by atoms with E-state index >= 15 is 0 Å². The number of allylic oxidation sites excluding steroid dienone is 1. The summed E-state index contributed by atoms with van der Waals surface area (Å²) in [5.74, 6) is 0.638. The summed E-state index contributed by atoms with van der Waals surface area (Å²) in [6.07, 6.45) is -0.436. The molecule has 0 unspecified atom stereocenters. The van der Waals surface area contributed by atoms with Gasteiger partial charge in [-0.1, -0.05) is 0 Å². The smallest absolute Gasteiger partial charge is 0.228 e. The van der Waals surface area contributed by atoms with Crippen LogP contribution in [-0.4, -0.2) is 48.7 Å². The van der Waals surface area contributed by atoms with Crippen molar-refractivity contribution in [3.8, 4) is 11.5 Å². The van der Waals surface area contributed by atoms with E-state index in [1.54, 1.807) is 0 Å². The highest BCUT2D eigenvalue weighted by atomic mass is 16.8. The molecule has 0 saturated carbocycles. The Morgan fingerprint density at radius 2 is 2.08 bits per heavy atom. The highest BCUT2D eigenvalue weighted by Gasteiger charge is 2.51. The van der Waals surface area contributed by atoms with Gasteiger partial charge in [0.2, 0.25) is 6.29 Å². The van der Waals surface area contributed by atoms with E-state index in [4.69, 9.17) is 23.7 Å². The third-order valence-corrected chi connectivity index (χ3v) is 4.52. The fourth-order valence-corrected chi connectivity index (χ4v) is 3.35. The normalized spacial score (nSPS) is 33.9. The number of ether oxygens (including phenoxy) is 5. The summed E-state index contributed by atoms with van der Waals surface area (Å²) in [6, 6.07) is 5.62. The molecule has 2 fully saturated rings. The van der Waals surface area contributed by atoms with Crippen molar-refractivity contribution in [2.75, 3.05) is 13.2 Å². The van der Waals surface area contributed by atoms with E-state index in [2.05, 4.69) is 6.92 Å². The SMILES string of the molecule is CC1=CCOc2cc(O[C@@H]3OC[C@@H]4OC(C)(C)O[C@@H]4[C@H]3O)ccc21. The summed E-state index contributed by atoms with van der Waals surface area (Å²) < 4.78 is 28.6. The molecule has 4 rings (SSSR count). The predicted octanol–water partition coefficient (Wildman–Crippen LogP) is 2.10. The lowest BCUT2D eigenvalue weighted by molar-refractivity contribution is -0.218. The topological polar surface area (TPSA) is 66.4 Å². The van der Waals surface area contributed by atoms with Crippen molar-refractivity contribution in [1.82, 2.24) is 0 Å². The molecule has 3 aliphatic heterocycles. The molecule has 6 nitrogen and oxygen atoms in total. The minimum Gasteiger partial charge on any atom is -0.489 e. The van der Waals surface area contributed by atoms with Gasteiger partial charge >= 0.3 is 0 Å². The third-order valence-electron chi connectivity index (χ3n) is 4.52. The van der Waals surface area contributed by atoms with E-state index < -0.39 is 24.3 Å². The minimum absolute atomic E-state index is 0.283. The molecule has 0 amide bonds. The summed E-state index contributed by atoms with van der Waals surface area (Å²) >= 11 is 0. The van der Waals surface area contributed by atoms with Gasteiger partial charge in [-0.15, -0.1) is 0 Å². The molecular formula is C18H22O6. The lowest BCUT2D eigenvalue weighted by Crippen LogP contribution is -2.53. The van der Waals surface area contributed by atoms with Crippen LogP contribution >= 0.6 is 0 Å². The number of hydrogen-bond acceptors (Lipinski definition) is 6. The number of hydrogen-bond donors (Lipinski definition) is 1. The molecule has 0 bridgehead atoms. The molecule has 24 heavy (non-hydrogen) atoms. The summed E-state index contributed by atoms with van der Waals surface area (Å²) in [6.45, 7) is 6.57. The Balaban J connectivity index is 1.49. The van der Waals surface area contributed by atoms with Gasteiger partial charge in [0.05, 0.1) is 6.61 Å². The lowest BCUT2D eigenvalue weighted by Gasteiger charge is -2.34. The molecule has 1 aromatic carbocycles. The van der Waals surface area contributed by atoms with Crippen molar-refractivity contribution >= 4 is 5.57 Å². The van der Waals surface area contributed by atoms with Gasteiger partial charge in [0, 0.05) is 11.6 Å². The Kier molecular flexibility index (Phi) is 3.80. The maximum atomic E-state index is 10.5. The number of fused-ring (bicyclic) bond motifs is 2. The van der Waals surface area contributed by atoms with Gasteiger partial charge in [-0.25, -0.2) is 0 Å². The van der Waals surface area contributed by atoms with Crippen LogP contribution in [0.1, 0.15) is 26.3 Å². The van der Waals surface area contributed by atoms with Crippen LogP contribution < -0.4 is 9.47 Å². The van der Waals surface area contributed by atoms with Crippen LogP contribution in [0, 0.1) is 0 Å². The number of aliphatic hydroxyl groups is 1. The van der Waals surface area contributed by atoms with E-state index in [0.717, 1.165) is 11.3 Å². The maximum absolute atomic E-state index is 10.5. The molecule has 0 spiro atoms. The standard InChI is InChI=1S/C18H22O6/c1-10-6-7-20-13-8-11(4-5-12(10)13)22-17-15(19)16-14(9-21-17)23-18(2,3)24-16/h4-6,8,14-17,19H,7,9H2,1-3H3/t14-,15+,16-,17-/m0/s1. The first-order chi connectivity index (χ1) is 11.4. The number of rotatable bonds is 2. The second kappa shape index (κ2) is 5.74. The molecule has 0 aliphatic carbocycles. The van der Waals surface area contributed by atoms with Crippen LogP contribution in [0.15, 0.2) is 24.3 Å². The Labute approximate surface area is 140 Å². The van der Waals surface area contributed by atoms with Crippen LogP contribution in [0.3, 0.4) is 0 Å². The quantitative estimate of drug-likeness (QED) is 0.893. The molecule has 2 saturated heterocycles. The second-order valence-electron chi connectivity index (χ2n) is 6.80. The predicted molar refractivity (Wildman–Crippen MR) is 85.8 cm³/mol. The Bertz CT molecular complexity index is 667. The van der Waals surface area contributed by atoms with Gasteiger partial charge in [0.25, 0.3) is 0 Å². The fraction of sp³-hybridized carbons (Fsp3) is 0.556. The van der Waals surface area contributed by atoms with E-state index in [1.165, 1.54) is 5.57 Å². The van der Waals surface area contributed by atoms with Gasteiger partial charge in [0.1, 0.15) is 36.4 Å². The molecule has 0 radical (unpaired) electrons. The van der Waals surface area contributed by atoms with Crippen molar-refractivity contribution < 1.29 is 28.8 Å². The first kappa shape index (κ1) is 15.9. The number of aliphatic hydroxyl groups excluding tert-OH is 1. The van der Waals surface area contributed by atoms with Crippen molar-refractivity contribution in [1.29, 1.82) is 0 Å². The van der Waals surface area contributed by atoms with Gasteiger partial charge < -0.3 is 28.8 Å². The molecule has 1 N–H and O–H groups in total. The van der Waals surface area contributed by atoms with E-state index in [9.17, 15) is 5.11 Å². The average Bonchev–Trinajstić information content (AvgIpc) is 2.86. The summed E-state index contributed by atoms with van der Waals surface area (Å²) in [5, 5.41) is 10.5. The zero-order valence-corrected chi connectivity index (χ0v) is 14.0. The maximum Gasteiger partial charge on any atom is 0.228 e. The molecule has 6 heteroatoms. The highest BCUT2D eigenvalue weighted by molar-refractivity contribution is 5.71. The Hall–Kier alpha value is -1.60.